The molecule has 6 heteroatoms. The minimum Gasteiger partial charge on any atom is -0.492 e. The van der Waals surface area contributed by atoms with Crippen LogP contribution in [0.1, 0.15) is 22.4 Å². The normalized spacial score (nSPS) is 19.3. The van der Waals surface area contributed by atoms with Crippen molar-refractivity contribution in [3.8, 4) is 16.9 Å². The number of pyridine rings is 1. The van der Waals surface area contributed by atoms with Gasteiger partial charge in [0.2, 0.25) is 5.91 Å². The highest BCUT2D eigenvalue weighted by molar-refractivity contribution is 5.78. The standard InChI is InChI=1S/C30H35N3O3/c1-21-12-28(36-11-10-33-17-25-19-35-20-26(25)18-33)13-22(2)30(21)24-8-9-27(31-16-24)14-29(34)32-15-23-6-4-3-5-7-23/h3-9,12-13,16,25-26H,10-11,14-15,17-20H2,1-2H3,(H,32,34)/t25-,26+. The highest BCUT2D eigenvalue weighted by Crippen LogP contribution is 2.31. The van der Waals surface area contributed by atoms with Gasteiger partial charge in [-0.2, -0.15) is 0 Å². The molecule has 0 saturated carbocycles. The third-order valence-corrected chi connectivity index (χ3v) is 7.29. The molecule has 2 aliphatic heterocycles. The van der Waals surface area contributed by atoms with Crippen LogP contribution in [0.25, 0.3) is 11.1 Å². The molecule has 5 rings (SSSR count). The van der Waals surface area contributed by atoms with Crippen molar-refractivity contribution >= 4 is 5.91 Å². The zero-order valence-electron chi connectivity index (χ0n) is 21.2. The van der Waals surface area contributed by atoms with Gasteiger partial charge in [-0.3, -0.25) is 14.7 Å². The molecule has 36 heavy (non-hydrogen) atoms. The van der Waals surface area contributed by atoms with E-state index in [2.05, 4.69) is 47.2 Å². The number of aromatic nitrogens is 1. The van der Waals surface area contributed by atoms with E-state index in [0.717, 1.165) is 66.5 Å². The van der Waals surface area contributed by atoms with Crippen LogP contribution < -0.4 is 10.1 Å². The Morgan fingerprint density at radius 2 is 1.78 bits per heavy atom. The number of hydrogen-bond donors (Lipinski definition) is 1. The van der Waals surface area contributed by atoms with E-state index >= 15 is 0 Å². The minimum absolute atomic E-state index is 0.0292. The number of hydrogen-bond acceptors (Lipinski definition) is 5. The summed E-state index contributed by atoms with van der Waals surface area (Å²) in [6, 6.07) is 18.1. The smallest absolute Gasteiger partial charge is 0.226 e. The number of carbonyl (C=O) groups is 1. The Morgan fingerprint density at radius 1 is 1.06 bits per heavy atom. The number of likely N-dealkylation sites (tertiary alicyclic amines) is 1. The first kappa shape index (κ1) is 24.5. The van der Waals surface area contributed by atoms with Gasteiger partial charge in [-0.1, -0.05) is 36.4 Å². The summed E-state index contributed by atoms with van der Waals surface area (Å²) >= 11 is 0. The summed E-state index contributed by atoms with van der Waals surface area (Å²) in [5.41, 5.74) is 6.39. The maximum atomic E-state index is 12.3. The third kappa shape index (κ3) is 5.94. The van der Waals surface area contributed by atoms with Crippen molar-refractivity contribution in [2.45, 2.75) is 26.8 Å². The van der Waals surface area contributed by atoms with Crippen LogP contribution >= 0.6 is 0 Å². The molecule has 3 aromatic rings. The van der Waals surface area contributed by atoms with E-state index in [4.69, 9.17) is 9.47 Å². The van der Waals surface area contributed by atoms with Crippen LogP contribution in [0.5, 0.6) is 5.75 Å². The van der Waals surface area contributed by atoms with E-state index in [1.807, 2.05) is 42.6 Å². The SMILES string of the molecule is Cc1cc(OCCN2C[C@H]3COC[C@H]3C2)cc(C)c1-c1ccc(CC(=O)NCc2ccccc2)nc1. The third-order valence-electron chi connectivity index (χ3n) is 7.29. The zero-order chi connectivity index (χ0) is 24.9. The molecule has 2 aromatic carbocycles. The molecule has 6 nitrogen and oxygen atoms in total. The van der Waals surface area contributed by atoms with Gasteiger partial charge in [-0.25, -0.2) is 0 Å². The Labute approximate surface area is 213 Å². The largest absolute Gasteiger partial charge is 0.492 e. The monoisotopic (exact) mass is 485 g/mol. The van der Waals surface area contributed by atoms with Crippen LogP contribution in [-0.4, -0.2) is 55.2 Å². The van der Waals surface area contributed by atoms with Gasteiger partial charge in [0, 0.05) is 55.5 Å². The summed E-state index contributed by atoms with van der Waals surface area (Å²) in [5, 5.41) is 2.96. The van der Waals surface area contributed by atoms with Gasteiger partial charge in [-0.15, -0.1) is 0 Å². The van der Waals surface area contributed by atoms with Gasteiger partial charge >= 0.3 is 0 Å². The highest BCUT2D eigenvalue weighted by Gasteiger charge is 2.36. The van der Waals surface area contributed by atoms with Gasteiger partial charge in [0.1, 0.15) is 12.4 Å². The number of benzene rings is 2. The van der Waals surface area contributed by atoms with Gasteiger partial charge < -0.3 is 14.8 Å². The van der Waals surface area contributed by atoms with E-state index in [1.165, 1.54) is 5.56 Å². The Hall–Kier alpha value is -3.22. The fraction of sp³-hybridized carbons (Fsp3) is 0.400. The summed E-state index contributed by atoms with van der Waals surface area (Å²) in [7, 11) is 0. The highest BCUT2D eigenvalue weighted by atomic mass is 16.5. The quantitative estimate of drug-likeness (QED) is 0.493. The van der Waals surface area contributed by atoms with Crippen molar-refractivity contribution in [2.75, 3.05) is 39.5 Å². The molecule has 0 radical (unpaired) electrons. The van der Waals surface area contributed by atoms with E-state index in [-0.39, 0.29) is 12.3 Å². The molecule has 0 unspecified atom stereocenters. The van der Waals surface area contributed by atoms with E-state index < -0.39 is 0 Å². The molecule has 0 aliphatic carbocycles. The number of ether oxygens (including phenoxy) is 2. The van der Waals surface area contributed by atoms with Crippen LogP contribution in [0.2, 0.25) is 0 Å². The van der Waals surface area contributed by atoms with E-state index in [9.17, 15) is 4.79 Å². The van der Waals surface area contributed by atoms with Crippen LogP contribution in [0.4, 0.5) is 0 Å². The van der Waals surface area contributed by atoms with Crippen LogP contribution in [0.15, 0.2) is 60.8 Å². The molecule has 2 fully saturated rings. The van der Waals surface area contributed by atoms with Crippen molar-refractivity contribution in [2.24, 2.45) is 11.8 Å². The molecular formula is C30H35N3O3. The van der Waals surface area contributed by atoms with Crippen molar-refractivity contribution in [3.05, 3.63) is 83.2 Å². The summed E-state index contributed by atoms with van der Waals surface area (Å²) in [4.78, 5) is 19.4. The number of carbonyl (C=O) groups excluding carboxylic acids is 1. The number of aryl methyl sites for hydroxylation is 2. The predicted molar refractivity (Wildman–Crippen MR) is 141 cm³/mol. The number of rotatable bonds is 9. The minimum atomic E-state index is -0.0292. The Morgan fingerprint density at radius 3 is 2.44 bits per heavy atom. The van der Waals surface area contributed by atoms with Gasteiger partial charge in [0.25, 0.3) is 0 Å². The lowest BCUT2D eigenvalue weighted by molar-refractivity contribution is -0.120. The lowest BCUT2D eigenvalue weighted by Gasteiger charge is -2.18. The van der Waals surface area contributed by atoms with Crippen molar-refractivity contribution < 1.29 is 14.3 Å². The number of amides is 1. The van der Waals surface area contributed by atoms with E-state index in [0.29, 0.717) is 25.0 Å². The number of nitrogens with zero attached hydrogens (tertiary/aromatic N) is 2. The molecule has 188 valence electrons. The topological polar surface area (TPSA) is 63.7 Å². The van der Waals surface area contributed by atoms with Gasteiger partial charge in [-0.05, 0) is 54.3 Å². The summed E-state index contributed by atoms with van der Waals surface area (Å²) in [6.07, 6.45) is 2.13. The fourth-order valence-corrected chi connectivity index (χ4v) is 5.42. The first-order valence-electron chi connectivity index (χ1n) is 12.9. The second-order valence-electron chi connectivity index (χ2n) is 10.1. The first-order valence-corrected chi connectivity index (χ1v) is 12.9. The van der Waals surface area contributed by atoms with Crippen molar-refractivity contribution in [1.29, 1.82) is 0 Å². The zero-order valence-corrected chi connectivity index (χ0v) is 21.2. The molecule has 2 saturated heterocycles. The molecule has 0 bridgehead atoms. The average molecular weight is 486 g/mol. The average Bonchev–Trinajstić information content (AvgIpc) is 3.46. The summed E-state index contributed by atoms with van der Waals surface area (Å²) < 4.78 is 11.7. The number of fused-ring (bicyclic) bond motifs is 1. The van der Waals surface area contributed by atoms with Gasteiger partial charge in [0.05, 0.1) is 19.6 Å². The molecule has 1 aromatic heterocycles. The Bertz CT molecular complexity index is 1140. The van der Waals surface area contributed by atoms with Crippen molar-refractivity contribution in [3.63, 3.8) is 0 Å². The summed E-state index contributed by atoms with van der Waals surface area (Å²) in [5.74, 6) is 2.30. The maximum Gasteiger partial charge on any atom is 0.226 e. The predicted octanol–water partition coefficient (Wildman–Crippen LogP) is 4.18. The lowest BCUT2D eigenvalue weighted by atomic mass is 9.96. The molecular weight excluding hydrogens is 450 g/mol. The summed E-state index contributed by atoms with van der Waals surface area (Å²) in [6.45, 7) is 10.5. The molecule has 3 heterocycles. The van der Waals surface area contributed by atoms with Crippen molar-refractivity contribution in [1.82, 2.24) is 15.2 Å². The van der Waals surface area contributed by atoms with E-state index in [1.54, 1.807) is 0 Å². The molecule has 0 spiro atoms. The number of nitrogens with one attached hydrogen (secondary N) is 1. The first-order chi connectivity index (χ1) is 17.5. The molecule has 1 amide bonds. The Balaban J connectivity index is 1.14. The maximum absolute atomic E-state index is 12.3. The Kier molecular flexibility index (Phi) is 7.63. The molecule has 2 aliphatic rings. The van der Waals surface area contributed by atoms with Crippen LogP contribution in [0.3, 0.4) is 0 Å². The molecule has 1 N–H and O–H groups in total. The van der Waals surface area contributed by atoms with Gasteiger partial charge in [0.15, 0.2) is 0 Å². The molecule has 2 atom stereocenters. The second kappa shape index (κ2) is 11.2. The second-order valence-corrected chi connectivity index (χ2v) is 10.1. The van der Waals surface area contributed by atoms with Crippen LogP contribution in [0, 0.1) is 25.7 Å². The lowest BCUT2D eigenvalue weighted by Crippen LogP contribution is -2.27. The van der Waals surface area contributed by atoms with Crippen LogP contribution in [-0.2, 0) is 22.5 Å². The fourth-order valence-electron chi connectivity index (χ4n) is 5.42.